The molecular weight excluding hydrogens is 314 g/mol. The summed E-state index contributed by atoms with van der Waals surface area (Å²) in [7, 11) is 1.75. The third-order valence-corrected chi connectivity index (χ3v) is 5.66. The zero-order valence-electron chi connectivity index (χ0n) is 14.6. The van der Waals surface area contributed by atoms with Gasteiger partial charge in [-0.2, -0.15) is 0 Å². The molecule has 2 aliphatic heterocycles. The Morgan fingerprint density at radius 3 is 2.76 bits per heavy atom. The van der Waals surface area contributed by atoms with Crippen LogP contribution in [0.5, 0.6) is 0 Å². The van der Waals surface area contributed by atoms with Gasteiger partial charge < -0.3 is 9.73 Å². The van der Waals surface area contributed by atoms with E-state index in [1.54, 1.807) is 13.3 Å². The van der Waals surface area contributed by atoms with Gasteiger partial charge in [0.05, 0.1) is 18.4 Å². The highest BCUT2D eigenvalue weighted by Gasteiger charge is 2.47. The Kier molecular flexibility index (Phi) is 4.59. The van der Waals surface area contributed by atoms with E-state index in [1.807, 2.05) is 18.4 Å². The van der Waals surface area contributed by atoms with Crippen molar-refractivity contribution in [3.8, 4) is 0 Å². The van der Waals surface area contributed by atoms with Gasteiger partial charge in [0.2, 0.25) is 5.91 Å². The molecule has 0 unspecified atom stereocenters. The monoisotopic (exact) mass is 339 g/mol. The lowest BCUT2D eigenvalue weighted by Crippen LogP contribution is -2.53. The summed E-state index contributed by atoms with van der Waals surface area (Å²) >= 11 is 0. The molecule has 5 heteroatoms. The van der Waals surface area contributed by atoms with Crippen molar-refractivity contribution in [1.29, 1.82) is 0 Å². The van der Waals surface area contributed by atoms with Crippen LogP contribution in [0.2, 0.25) is 0 Å². The smallest absolute Gasteiger partial charge is 0.225 e. The molecule has 1 aromatic carbocycles. The molecule has 3 atom stereocenters. The Bertz CT molecular complexity index is 701. The second-order valence-corrected chi connectivity index (χ2v) is 7.09. The maximum Gasteiger partial charge on any atom is 0.225 e. The van der Waals surface area contributed by atoms with E-state index in [1.165, 1.54) is 11.1 Å². The maximum atomic E-state index is 12.7. The summed E-state index contributed by atoms with van der Waals surface area (Å²) in [5.41, 5.74) is 2.47. The maximum absolute atomic E-state index is 12.7. The molecule has 0 radical (unpaired) electrons. The Morgan fingerprint density at radius 1 is 1.20 bits per heavy atom. The van der Waals surface area contributed by atoms with E-state index >= 15 is 0 Å². The molecule has 0 spiro atoms. The van der Waals surface area contributed by atoms with Crippen molar-refractivity contribution < 1.29 is 9.21 Å². The molecule has 2 aliphatic rings. The molecule has 1 aromatic heterocycles. The first-order valence-corrected chi connectivity index (χ1v) is 9.00. The van der Waals surface area contributed by atoms with Crippen LogP contribution >= 0.6 is 0 Å². The highest BCUT2D eigenvalue weighted by atomic mass is 16.3. The molecule has 0 saturated carbocycles. The highest BCUT2D eigenvalue weighted by molar-refractivity contribution is 5.80. The van der Waals surface area contributed by atoms with E-state index in [0.29, 0.717) is 0 Å². The fraction of sp³-hybridized carbons (Fsp3) is 0.450. The standard InChI is InChI=1S/C20H25N3O2/c1-21-20(24)19-17(16-5-3-2-4-6-16)12-23-9-8-22(13-18(19)23)11-15-7-10-25-14-15/h2-7,10,14,17-19H,8-9,11-13H2,1H3,(H,21,24)/t17-,18+,19-/m0/s1. The molecule has 1 amide bonds. The van der Waals surface area contributed by atoms with Gasteiger partial charge in [0.25, 0.3) is 0 Å². The number of nitrogens with zero attached hydrogens (tertiary/aromatic N) is 2. The second kappa shape index (κ2) is 7.02. The number of carbonyl (C=O) groups is 1. The van der Waals surface area contributed by atoms with E-state index < -0.39 is 0 Å². The molecule has 3 heterocycles. The van der Waals surface area contributed by atoms with E-state index in [2.05, 4.69) is 39.4 Å². The zero-order chi connectivity index (χ0) is 17.2. The number of nitrogens with one attached hydrogen (secondary N) is 1. The molecule has 2 aromatic rings. The van der Waals surface area contributed by atoms with Crippen LogP contribution < -0.4 is 5.32 Å². The molecule has 4 rings (SSSR count). The van der Waals surface area contributed by atoms with Gasteiger partial charge in [0, 0.05) is 57.3 Å². The number of piperazine rings is 1. The SMILES string of the molecule is CNC(=O)[C@@H]1[C@H]2CN(Cc3ccoc3)CCN2C[C@H]1c1ccccc1. The predicted octanol–water partition coefficient (Wildman–Crippen LogP) is 1.93. The lowest BCUT2D eigenvalue weighted by atomic mass is 9.84. The average molecular weight is 339 g/mol. The quantitative estimate of drug-likeness (QED) is 0.925. The minimum Gasteiger partial charge on any atom is -0.472 e. The highest BCUT2D eigenvalue weighted by Crippen LogP contribution is 2.39. The first-order valence-electron chi connectivity index (χ1n) is 9.00. The van der Waals surface area contributed by atoms with Crippen LogP contribution in [0.3, 0.4) is 0 Å². The number of amides is 1. The van der Waals surface area contributed by atoms with Crippen LogP contribution in [0.25, 0.3) is 0 Å². The molecule has 2 fully saturated rings. The van der Waals surface area contributed by atoms with Crippen molar-refractivity contribution in [1.82, 2.24) is 15.1 Å². The van der Waals surface area contributed by atoms with Crippen molar-refractivity contribution in [2.75, 3.05) is 33.2 Å². The van der Waals surface area contributed by atoms with Crippen molar-refractivity contribution in [2.24, 2.45) is 5.92 Å². The summed E-state index contributed by atoms with van der Waals surface area (Å²) < 4.78 is 5.19. The van der Waals surface area contributed by atoms with Gasteiger partial charge in [-0.15, -0.1) is 0 Å². The number of fused-ring (bicyclic) bond motifs is 1. The van der Waals surface area contributed by atoms with Gasteiger partial charge in [-0.05, 0) is 11.6 Å². The first-order chi connectivity index (χ1) is 12.3. The van der Waals surface area contributed by atoms with Crippen LogP contribution in [0.4, 0.5) is 0 Å². The summed E-state index contributed by atoms with van der Waals surface area (Å²) in [6.45, 7) is 4.82. The number of carbonyl (C=O) groups excluding carboxylic acids is 1. The number of benzene rings is 1. The van der Waals surface area contributed by atoms with E-state index in [9.17, 15) is 4.79 Å². The van der Waals surface area contributed by atoms with E-state index in [4.69, 9.17) is 4.42 Å². The summed E-state index contributed by atoms with van der Waals surface area (Å²) in [6, 6.07) is 12.8. The number of rotatable bonds is 4. The Labute approximate surface area is 148 Å². The lowest BCUT2D eigenvalue weighted by Gasteiger charge is -2.39. The minimum atomic E-state index is -0.000417. The Hall–Kier alpha value is -2.11. The van der Waals surface area contributed by atoms with Gasteiger partial charge in [0.1, 0.15) is 0 Å². The second-order valence-electron chi connectivity index (χ2n) is 7.09. The summed E-state index contributed by atoms with van der Waals surface area (Å²) in [6.07, 6.45) is 3.53. The molecule has 1 N–H and O–H groups in total. The Morgan fingerprint density at radius 2 is 2.04 bits per heavy atom. The fourth-order valence-corrected chi connectivity index (χ4v) is 4.43. The number of hydrogen-bond acceptors (Lipinski definition) is 4. The molecule has 5 nitrogen and oxygen atoms in total. The van der Waals surface area contributed by atoms with Crippen molar-refractivity contribution in [2.45, 2.75) is 18.5 Å². The molecule has 0 aliphatic carbocycles. The number of furan rings is 1. The van der Waals surface area contributed by atoms with Crippen LogP contribution in [0.15, 0.2) is 53.3 Å². The summed E-state index contributed by atoms with van der Waals surface area (Å²) in [5, 5.41) is 2.90. The zero-order valence-corrected chi connectivity index (χ0v) is 14.6. The van der Waals surface area contributed by atoms with Crippen LogP contribution in [0.1, 0.15) is 17.0 Å². The molecular formula is C20H25N3O2. The molecule has 25 heavy (non-hydrogen) atoms. The predicted molar refractivity (Wildman–Crippen MR) is 96.1 cm³/mol. The first kappa shape index (κ1) is 16.4. The normalized spacial score (nSPS) is 27.2. The number of hydrogen-bond donors (Lipinski definition) is 1. The van der Waals surface area contributed by atoms with Gasteiger partial charge in [-0.1, -0.05) is 30.3 Å². The van der Waals surface area contributed by atoms with Gasteiger partial charge in [0.15, 0.2) is 0 Å². The van der Waals surface area contributed by atoms with Crippen LogP contribution in [-0.4, -0.2) is 55.0 Å². The average Bonchev–Trinajstić information content (AvgIpc) is 3.29. The van der Waals surface area contributed by atoms with Crippen LogP contribution in [0, 0.1) is 5.92 Å². The fourth-order valence-electron chi connectivity index (χ4n) is 4.43. The molecule has 132 valence electrons. The van der Waals surface area contributed by atoms with Crippen molar-refractivity contribution in [3.63, 3.8) is 0 Å². The van der Waals surface area contributed by atoms with Gasteiger partial charge in [-0.25, -0.2) is 0 Å². The largest absolute Gasteiger partial charge is 0.472 e. The van der Waals surface area contributed by atoms with Crippen LogP contribution in [-0.2, 0) is 11.3 Å². The Balaban J connectivity index is 1.55. The van der Waals surface area contributed by atoms with Gasteiger partial charge >= 0.3 is 0 Å². The summed E-state index contributed by atoms with van der Waals surface area (Å²) in [4.78, 5) is 17.6. The van der Waals surface area contributed by atoms with Crippen molar-refractivity contribution in [3.05, 3.63) is 60.1 Å². The van der Waals surface area contributed by atoms with E-state index in [-0.39, 0.29) is 23.8 Å². The third kappa shape index (κ3) is 3.22. The van der Waals surface area contributed by atoms with E-state index in [0.717, 1.165) is 32.7 Å². The summed E-state index contributed by atoms with van der Waals surface area (Å²) in [5.74, 6) is 0.422. The lowest BCUT2D eigenvalue weighted by molar-refractivity contribution is -0.126. The topological polar surface area (TPSA) is 48.7 Å². The molecule has 0 bridgehead atoms. The van der Waals surface area contributed by atoms with Gasteiger partial charge in [-0.3, -0.25) is 14.6 Å². The molecule has 2 saturated heterocycles. The minimum absolute atomic E-state index is 0.000417. The van der Waals surface area contributed by atoms with Crippen molar-refractivity contribution >= 4 is 5.91 Å². The third-order valence-electron chi connectivity index (χ3n) is 5.66.